The van der Waals surface area contributed by atoms with Gasteiger partial charge in [-0.1, -0.05) is 24.3 Å². The summed E-state index contributed by atoms with van der Waals surface area (Å²) in [6.45, 7) is 7.87. The molecule has 3 rings (SSSR count). The van der Waals surface area contributed by atoms with Crippen LogP contribution in [0.5, 0.6) is 0 Å². The lowest BCUT2D eigenvalue weighted by Crippen LogP contribution is -2.46. The van der Waals surface area contributed by atoms with Gasteiger partial charge in [-0.15, -0.1) is 10.2 Å². The van der Waals surface area contributed by atoms with E-state index in [0.717, 1.165) is 44.1 Å². The number of likely N-dealkylation sites (N-methyl/N-ethyl adjacent to an activating group) is 1. The molecule has 2 aromatic rings. The number of amides is 2. The number of rotatable bonds is 5. The molecular weight excluding hydrogens is 326 g/mol. The quantitative estimate of drug-likeness (QED) is 0.850. The molecule has 1 saturated heterocycles. The summed E-state index contributed by atoms with van der Waals surface area (Å²) >= 11 is 1.28. The highest BCUT2D eigenvalue weighted by Crippen LogP contribution is 2.14. The second-order valence-electron chi connectivity index (χ2n) is 5.50. The van der Waals surface area contributed by atoms with Crippen LogP contribution >= 0.6 is 11.3 Å². The topological polar surface area (TPSA) is 86.3 Å². The molecule has 0 saturated carbocycles. The highest BCUT2D eigenvalue weighted by molar-refractivity contribution is 7.13. The van der Waals surface area contributed by atoms with Gasteiger partial charge in [-0.05, 0) is 18.2 Å². The molecule has 0 spiro atoms. The highest BCUT2D eigenvalue weighted by Gasteiger charge is 2.16. The van der Waals surface area contributed by atoms with Crippen LogP contribution in [0.15, 0.2) is 23.8 Å². The normalized spacial score (nSPS) is 15.3. The van der Waals surface area contributed by atoms with Crippen LogP contribution in [0.1, 0.15) is 12.5 Å². The number of aromatic nitrogens is 3. The van der Waals surface area contributed by atoms with Crippen molar-refractivity contribution in [1.82, 2.24) is 25.4 Å². The van der Waals surface area contributed by atoms with Crippen LogP contribution in [0.3, 0.4) is 0 Å². The molecule has 128 valence electrons. The van der Waals surface area contributed by atoms with Gasteiger partial charge in [-0.3, -0.25) is 5.32 Å². The zero-order valence-electron chi connectivity index (χ0n) is 13.6. The molecule has 3 heterocycles. The van der Waals surface area contributed by atoms with Crippen molar-refractivity contribution >= 4 is 28.3 Å². The van der Waals surface area contributed by atoms with Crippen molar-refractivity contribution in [2.45, 2.75) is 13.5 Å². The summed E-state index contributed by atoms with van der Waals surface area (Å²) in [7, 11) is 0. The van der Waals surface area contributed by atoms with Crippen LogP contribution in [0.4, 0.5) is 15.7 Å². The predicted molar refractivity (Wildman–Crippen MR) is 94.3 cm³/mol. The molecule has 0 aromatic carbocycles. The van der Waals surface area contributed by atoms with Gasteiger partial charge in [0.1, 0.15) is 11.3 Å². The largest absolute Gasteiger partial charge is 0.354 e. The number of carbonyl (C=O) groups excluding carboxylic acids is 1. The van der Waals surface area contributed by atoms with E-state index in [2.05, 4.69) is 42.5 Å². The first-order valence-corrected chi connectivity index (χ1v) is 8.86. The van der Waals surface area contributed by atoms with E-state index >= 15 is 0 Å². The molecule has 0 radical (unpaired) electrons. The van der Waals surface area contributed by atoms with Crippen molar-refractivity contribution < 1.29 is 4.79 Å². The zero-order valence-corrected chi connectivity index (χ0v) is 14.4. The van der Waals surface area contributed by atoms with Crippen LogP contribution in [0.25, 0.3) is 0 Å². The summed E-state index contributed by atoms with van der Waals surface area (Å²) in [5.41, 5.74) is 2.52. The lowest BCUT2D eigenvalue weighted by molar-refractivity contribution is 0.251. The molecule has 1 aliphatic heterocycles. The Morgan fingerprint density at radius 1 is 1.29 bits per heavy atom. The van der Waals surface area contributed by atoms with Crippen LogP contribution < -0.4 is 15.5 Å². The summed E-state index contributed by atoms with van der Waals surface area (Å²) in [6, 6.07) is 3.72. The monoisotopic (exact) mass is 347 g/mol. The van der Waals surface area contributed by atoms with Gasteiger partial charge in [0, 0.05) is 38.9 Å². The average molecular weight is 347 g/mol. The molecule has 9 heteroatoms. The maximum absolute atomic E-state index is 11.7. The molecular formula is C15H21N7OS. The first kappa shape index (κ1) is 16.6. The number of piperazine rings is 1. The Balaban J connectivity index is 1.47. The smallest absolute Gasteiger partial charge is 0.321 e. The molecule has 2 N–H and O–H groups in total. The molecule has 0 bridgehead atoms. The molecule has 1 fully saturated rings. The van der Waals surface area contributed by atoms with E-state index in [9.17, 15) is 4.79 Å². The van der Waals surface area contributed by atoms with E-state index in [4.69, 9.17) is 0 Å². The second kappa shape index (κ2) is 8.02. The van der Waals surface area contributed by atoms with E-state index in [1.165, 1.54) is 11.3 Å². The highest BCUT2D eigenvalue weighted by atomic mass is 32.1. The fourth-order valence-corrected chi connectivity index (χ4v) is 2.99. The first-order valence-electron chi connectivity index (χ1n) is 7.98. The third-order valence-electron chi connectivity index (χ3n) is 3.99. The van der Waals surface area contributed by atoms with Crippen LogP contribution in [0, 0.1) is 0 Å². The number of carbonyl (C=O) groups is 1. The Labute approximate surface area is 144 Å². The van der Waals surface area contributed by atoms with Crippen molar-refractivity contribution in [3.8, 4) is 0 Å². The Bertz CT molecular complexity index is 638. The summed E-state index contributed by atoms with van der Waals surface area (Å²) in [5.74, 6) is 0.993. The molecule has 1 aliphatic rings. The third kappa shape index (κ3) is 4.39. The van der Waals surface area contributed by atoms with Gasteiger partial charge in [-0.25, -0.2) is 9.78 Å². The maximum Gasteiger partial charge on any atom is 0.321 e. The lowest BCUT2D eigenvalue weighted by atomic mass is 10.2. The number of hydrogen-bond acceptors (Lipinski definition) is 7. The second-order valence-corrected chi connectivity index (χ2v) is 6.33. The lowest BCUT2D eigenvalue weighted by Gasteiger charge is -2.34. The Morgan fingerprint density at radius 2 is 2.12 bits per heavy atom. The van der Waals surface area contributed by atoms with Gasteiger partial charge >= 0.3 is 6.03 Å². The molecule has 8 nitrogen and oxygen atoms in total. The first-order chi connectivity index (χ1) is 11.7. The number of nitrogens with one attached hydrogen (secondary N) is 2. The van der Waals surface area contributed by atoms with Crippen molar-refractivity contribution in [2.24, 2.45) is 0 Å². The predicted octanol–water partition coefficient (Wildman–Crippen LogP) is 1.40. The fraction of sp³-hybridized carbons (Fsp3) is 0.467. The van der Waals surface area contributed by atoms with Gasteiger partial charge in [0.05, 0.1) is 0 Å². The number of hydrogen-bond donors (Lipinski definition) is 2. The van der Waals surface area contributed by atoms with Crippen molar-refractivity contribution in [3.05, 3.63) is 29.4 Å². The minimum absolute atomic E-state index is 0.300. The van der Waals surface area contributed by atoms with Gasteiger partial charge in [0.15, 0.2) is 0 Å². The van der Waals surface area contributed by atoms with Gasteiger partial charge < -0.3 is 15.1 Å². The third-order valence-corrected chi connectivity index (χ3v) is 4.59. The number of nitrogens with zero attached hydrogens (tertiary/aromatic N) is 5. The fourth-order valence-electron chi connectivity index (χ4n) is 2.55. The molecule has 2 amide bonds. The molecule has 0 aliphatic carbocycles. The van der Waals surface area contributed by atoms with Gasteiger partial charge in [0.2, 0.25) is 5.13 Å². The van der Waals surface area contributed by atoms with E-state index < -0.39 is 0 Å². The van der Waals surface area contributed by atoms with Crippen LogP contribution in [-0.4, -0.2) is 58.8 Å². The van der Waals surface area contributed by atoms with Gasteiger partial charge in [-0.2, -0.15) is 0 Å². The Kier molecular flexibility index (Phi) is 5.55. The standard InChI is InChI=1S/C15H21N7OS/c1-2-21-5-7-22(8-6-21)13-4-3-12(9-16-13)10-17-14(23)19-15-20-18-11-24-15/h3-4,9,11H,2,5-8,10H2,1H3,(H2,17,19,20,23). The molecule has 24 heavy (non-hydrogen) atoms. The maximum atomic E-state index is 11.7. The summed E-state index contributed by atoms with van der Waals surface area (Å²) in [4.78, 5) is 21.0. The summed E-state index contributed by atoms with van der Waals surface area (Å²) in [5, 5.41) is 13.3. The van der Waals surface area contributed by atoms with Crippen LogP contribution in [-0.2, 0) is 6.54 Å². The van der Waals surface area contributed by atoms with Crippen LogP contribution in [0.2, 0.25) is 0 Å². The van der Waals surface area contributed by atoms with E-state index in [-0.39, 0.29) is 6.03 Å². The SMILES string of the molecule is CCN1CCN(c2ccc(CNC(=O)Nc3nncs3)cn2)CC1. The van der Waals surface area contributed by atoms with Crippen molar-refractivity contribution in [3.63, 3.8) is 0 Å². The number of anilines is 2. The zero-order chi connectivity index (χ0) is 16.8. The van der Waals surface area contributed by atoms with E-state index in [1.807, 2.05) is 18.3 Å². The number of urea groups is 1. The number of pyridine rings is 1. The molecule has 0 atom stereocenters. The molecule has 0 unspecified atom stereocenters. The Morgan fingerprint density at radius 3 is 2.75 bits per heavy atom. The Hall–Kier alpha value is -2.26. The molecule has 2 aromatic heterocycles. The summed E-state index contributed by atoms with van der Waals surface area (Å²) in [6.07, 6.45) is 1.81. The van der Waals surface area contributed by atoms with Crippen molar-refractivity contribution in [1.29, 1.82) is 0 Å². The van der Waals surface area contributed by atoms with Gasteiger partial charge in [0.25, 0.3) is 0 Å². The summed E-state index contributed by atoms with van der Waals surface area (Å²) < 4.78 is 0. The average Bonchev–Trinajstić information content (AvgIpc) is 3.13. The van der Waals surface area contributed by atoms with E-state index in [0.29, 0.717) is 11.7 Å². The van der Waals surface area contributed by atoms with E-state index in [1.54, 1.807) is 5.51 Å². The van der Waals surface area contributed by atoms with Crippen molar-refractivity contribution in [2.75, 3.05) is 42.9 Å². The minimum atomic E-state index is -0.300. The minimum Gasteiger partial charge on any atom is -0.354 e.